The second kappa shape index (κ2) is 5.64. The van der Waals surface area contributed by atoms with Crippen molar-refractivity contribution in [2.24, 2.45) is 17.6 Å². The van der Waals surface area contributed by atoms with Crippen LogP contribution in [0.15, 0.2) is 0 Å². The fourth-order valence-corrected chi connectivity index (χ4v) is 2.66. The van der Waals surface area contributed by atoms with E-state index in [1.165, 1.54) is 6.42 Å². The Morgan fingerprint density at radius 1 is 1.31 bits per heavy atom. The summed E-state index contributed by atoms with van der Waals surface area (Å²) in [7, 11) is 0. The van der Waals surface area contributed by atoms with Crippen LogP contribution in [0.1, 0.15) is 32.1 Å². The Balaban J connectivity index is 1.86. The van der Waals surface area contributed by atoms with Gasteiger partial charge in [-0.05, 0) is 25.3 Å². The highest BCUT2D eigenvalue weighted by molar-refractivity contribution is 5.73. The molecule has 4 nitrogen and oxygen atoms in total. The van der Waals surface area contributed by atoms with Crippen LogP contribution in [-0.4, -0.2) is 31.8 Å². The van der Waals surface area contributed by atoms with Gasteiger partial charge in [0.2, 0.25) is 0 Å². The molecule has 0 amide bonds. The molecule has 3 unspecified atom stereocenters. The van der Waals surface area contributed by atoms with Crippen molar-refractivity contribution in [1.82, 2.24) is 0 Å². The lowest BCUT2D eigenvalue weighted by Gasteiger charge is -2.29. The zero-order valence-corrected chi connectivity index (χ0v) is 9.69. The van der Waals surface area contributed by atoms with E-state index in [9.17, 15) is 4.79 Å². The zero-order chi connectivity index (χ0) is 11.4. The minimum atomic E-state index is -0.0503. The Bertz CT molecular complexity index is 238. The number of hydrogen-bond acceptors (Lipinski definition) is 4. The van der Waals surface area contributed by atoms with Gasteiger partial charge in [-0.25, -0.2) is 0 Å². The first-order valence-electron chi connectivity index (χ1n) is 6.29. The Hall–Kier alpha value is -0.610. The second-order valence-electron chi connectivity index (χ2n) is 4.81. The third-order valence-corrected chi connectivity index (χ3v) is 3.69. The summed E-state index contributed by atoms with van der Waals surface area (Å²) in [4.78, 5) is 12.0. The van der Waals surface area contributed by atoms with E-state index in [0.29, 0.717) is 25.7 Å². The average Bonchev–Trinajstić information content (AvgIpc) is 2.81. The molecule has 1 saturated heterocycles. The Morgan fingerprint density at radius 3 is 2.81 bits per heavy atom. The van der Waals surface area contributed by atoms with Crippen LogP contribution >= 0.6 is 0 Å². The maximum Gasteiger partial charge on any atom is 0.309 e. The smallest absolute Gasteiger partial charge is 0.309 e. The molecule has 2 aliphatic rings. The molecule has 1 aliphatic heterocycles. The molecule has 92 valence electrons. The summed E-state index contributed by atoms with van der Waals surface area (Å²) in [5, 5.41) is 0. The molecule has 0 aromatic heterocycles. The van der Waals surface area contributed by atoms with Gasteiger partial charge in [-0.2, -0.15) is 0 Å². The van der Waals surface area contributed by atoms with Gasteiger partial charge in [0.15, 0.2) is 0 Å². The van der Waals surface area contributed by atoms with Crippen LogP contribution in [0.4, 0.5) is 0 Å². The molecule has 3 atom stereocenters. The fourth-order valence-electron chi connectivity index (χ4n) is 2.66. The van der Waals surface area contributed by atoms with Gasteiger partial charge in [-0.1, -0.05) is 12.8 Å². The maximum atomic E-state index is 12.0. The average molecular weight is 227 g/mol. The first kappa shape index (κ1) is 11.9. The number of ether oxygens (including phenoxy) is 2. The fraction of sp³-hybridized carbons (Fsp3) is 0.917. The molecule has 1 aliphatic carbocycles. The summed E-state index contributed by atoms with van der Waals surface area (Å²) < 4.78 is 10.7. The van der Waals surface area contributed by atoms with Crippen LogP contribution in [0, 0.1) is 11.8 Å². The quantitative estimate of drug-likeness (QED) is 0.733. The van der Waals surface area contributed by atoms with Gasteiger partial charge in [0.25, 0.3) is 0 Å². The van der Waals surface area contributed by atoms with E-state index in [4.69, 9.17) is 15.2 Å². The summed E-state index contributed by atoms with van der Waals surface area (Å²) in [5.41, 5.74) is 5.71. The van der Waals surface area contributed by atoms with E-state index in [2.05, 4.69) is 0 Å². The number of nitrogens with two attached hydrogens (primary N) is 1. The van der Waals surface area contributed by atoms with Gasteiger partial charge in [-0.15, -0.1) is 0 Å². The highest BCUT2D eigenvalue weighted by Crippen LogP contribution is 2.30. The number of carbonyl (C=O) groups excluding carboxylic acids is 1. The Labute approximate surface area is 96.5 Å². The Morgan fingerprint density at radius 2 is 2.12 bits per heavy atom. The largest absolute Gasteiger partial charge is 0.460 e. The minimum absolute atomic E-state index is 0.0205. The summed E-state index contributed by atoms with van der Waals surface area (Å²) in [6.45, 7) is 1.87. The van der Waals surface area contributed by atoms with Crippen LogP contribution in [0.3, 0.4) is 0 Å². The molecule has 0 radical (unpaired) electrons. The minimum Gasteiger partial charge on any atom is -0.460 e. The molecule has 4 heteroatoms. The molecule has 1 saturated carbocycles. The molecular weight excluding hydrogens is 206 g/mol. The van der Waals surface area contributed by atoms with Crippen molar-refractivity contribution in [3.63, 3.8) is 0 Å². The summed E-state index contributed by atoms with van der Waals surface area (Å²) in [6, 6.07) is 0. The molecule has 0 spiro atoms. The van der Waals surface area contributed by atoms with Crippen molar-refractivity contribution >= 4 is 5.97 Å². The van der Waals surface area contributed by atoms with Crippen molar-refractivity contribution < 1.29 is 14.3 Å². The molecule has 0 aromatic carbocycles. The van der Waals surface area contributed by atoms with Gasteiger partial charge in [0.1, 0.15) is 6.10 Å². The summed E-state index contributed by atoms with van der Waals surface area (Å²) in [6.07, 6.45) is 5.14. The summed E-state index contributed by atoms with van der Waals surface area (Å²) >= 11 is 0. The van der Waals surface area contributed by atoms with Gasteiger partial charge >= 0.3 is 5.97 Å². The standard InChI is InChI=1S/C12H21NO3/c13-7-9-3-1-2-4-11(9)12(14)16-10-5-6-15-8-10/h9-11H,1-8,13H2. The highest BCUT2D eigenvalue weighted by atomic mass is 16.6. The molecule has 2 N–H and O–H groups in total. The van der Waals surface area contributed by atoms with Crippen molar-refractivity contribution in [3.05, 3.63) is 0 Å². The van der Waals surface area contributed by atoms with E-state index >= 15 is 0 Å². The molecule has 2 rings (SSSR count). The molecule has 16 heavy (non-hydrogen) atoms. The molecular formula is C12H21NO3. The van der Waals surface area contributed by atoms with Crippen LogP contribution in [-0.2, 0) is 14.3 Å². The first-order valence-corrected chi connectivity index (χ1v) is 6.29. The van der Waals surface area contributed by atoms with Crippen LogP contribution in [0.2, 0.25) is 0 Å². The normalized spacial score (nSPS) is 34.9. The number of rotatable bonds is 3. The van der Waals surface area contributed by atoms with E-state index < -0.39 is 0 Å². The van der Waals surface area contributed by atoms with Gasteiger partial charge in [-0.3, -0.25) is 4.79 Å². The van der Waals surface area contributed by atoms with Crippen molar-refractivity contribution in [2.75, 3.05) is 19.8 Å². The maximum absolute atomic E-state index is 12.0. The zero-order valence-electron chi connectivity index (χ0n) is 9.69. The summed E-state index contributed by atoms with van der Waals surface area (Å²) in [5.74, 6) is 0.300. The van der Waals surface area contributed by atoms with E-state index in [1.54, 1.807) is 0 Å². The molecule has 1 heterocycles. The topological polar surface area (TPSA) is 61.6 Å². The molecule has 2 fully saturated rings. The third kappa shape index (κ3) is 2.74. The molecule has 0 aromatic rings. The van der Waals surface area contributed by atoms with Gasteiger partial charge in [0, 0.05) is 6.42 Å². The lowest BCUT2D eigenvalue weighted by atomic mass is 9.79. The van der Waals surface area contributed by atoms with Gasteiger partial charge in [0.05, 0.1) is 19.1 Å². The van der Waals surface area contributed by atoms with Crippen molar-refractivity contribution in [3.8, 4) is 0 Å². The number of hydrogen-bond donors (Lipinski definition) is 1. The predicted molar refractivity (Wildman–Crippen MR) is 59.8 cm³/mol. The molecule has 0 bridgehead atoms. The van der Waals surface area contributed by atoms with Crippen LogP contribution in [0.5, 0.6) is 0 Å². The lowest BCUT2D eigenvalue weighted by Crippen LogP contribution is -2.35. The van der Waals surface area contributed by atoms with Crippen LogP contribution < -0.4 is 5.73 Å². The predicted octanol–water partition coefficient (Wildman–Crippen LogP) is 1.08. The second-order valence-corrected chi connectivity index (χ2v) is 4.81. The van der Waals surface area contributed by atoms with E-state index in [0.717, 1.165) is 25.7 Å². The number of esters is 1. The van der Waals surface area contributed by atoms with E-state index in [-0.39, 0.29) is 18.0 Å². The Kier molecular flexibility index (Phi) is 4.18. The van der Waals surface area contributed by atoms with Crippen molar-refractivity contribution in [1.29, 1.82) is 0 Å². The van der Waals surface area contributed by atoms with E-state index in [1.807, 2.05) is 0 Å². The van der Waals surface area contributed by atoms with Gasteiger partial charge < -0.3 is 15.2 Å². The number of carbonyl (C=O) groups is 1. The lowest BCUT2D eigenvalue weighted by molar-refractivity contribution is -0.157. The van der Waals surface area contributed by atoms with Crippen LogP contribution in [0.25, 0.3) is 0 Å². The SMILES string of the molecule is NCC1CCCCC1C(=O)OC1CCOC1. The highest BCUT2D eigenvalue weighted by Gasteiger charge is 2.33. The monoisotopic (exact) mass is 227 g/mol. The third-order valence-electron chi connectivity index (χ3n) is 3.69. The first-order chi connectivity index (χ1) is 7.81. The van der Waals surface area contributed by atoms with Crippen molar-refractivity contribution in [2.45, 2.75) is 38.2 Å².